The summed E-state index contributed by atoms with van der Waals surface area (Å²) in [6.07, 6.45) is -1.04. The molecule has 2 rings (SSSR count). The van der Waals surface area contributed by atoms with Gasteiger partial charge >= 0.3 is 0 Å². The number of aromatic nitrogens is 2. The van der Waals surface area contributed by atoms with Crippen LogP contribution in [0.5, 0.6) is 0 Å². The fraction of sp³-hybridized carbons (Fsp3) is 0.375. The highest BCUT2D eigenvalue weighted by molar-refractivity contribution is 5.24. The van der Waals surface area contributed by atoms with E-state index in [1.807, 2.05) is 20.8 Å². The highest BCUT2D eigenvalue weighted by atomic mass is 19.3. The Morgan fingerprint density at radius 3 is 2.52 bits per heavy atom. The van der Waals surface area contributed by atoms with E-state index in [1.54, 1.807) is 12.1 Å². The van der Waals surface area contributed by atoms with Crippen LogP contribution in [0.4, 0.5) is 8.78 Å². The van der Waals surface area contributed by atoms with Crippen molar-refractivity contribution in [3.63, 3.8) is 0 Å². The Labute approximate surface area is 122 Å². The zero-order valence-electron chi connectivity index (χ0n) is 12.3. The molecular formula is C16H18F2N2O. The zero-order chi connectivity index (χ0) is 15.6. The molecule has 0 saturated carbocycles. The summed E-state index contributed by atoms with van der Waals surface area (Å²) in [7, 11) is 0. The summed E-state index contributed by atoms with van der Waals surface area (Å²) in [5.41, 5.74) is 0.941. The van der Waals surface area contributed by atoms with Crippen LogP contribution in [0.25, 0.3) is 0 Å². The monoisotopic (exact) mass is 292 g/mol. The molecule has 1 heterocycles. The third-order valence-corrected chi connectivity index (χ3v) is 3.20. The van der Waals surface area contributed by atoms with Crippen LogP contribution in [0, 0.1) is 0 Å². The van der Waals surface area contributed by atoms with Crippen molar-refractivity contribution in [2.45, 2.75) is 39.2 Å². The highest BCUT2D eigenvalue weighted by Crippen LogP contribution is 2.20. The van der Waals surface area contributed by atoms with Crippen LogP contribution in [-0.4, -0.2) is 9.55 Å². The molecule has 0 radical (unpaired) electrons. The van der Waals surface area contributed by atoms with Gasteiger partial charge in [-0.25, -0.2) is 13.8 Å². The predicted molar refractivity (Wildman–Crippen MR) is 77.7 cm³/mol. The van der Waals surface area contributed by atoms with Crippen LogP contribution >= 0.6 is 0 Å². The van der Waals surface area contributed by atoms with Crippen LogP contribution in [0.1, 0.15) is 44.0 Å². The second-order valence-corrected chi connectivity index (χ2v) is 6.04. The van der Waals surface area contributed by atoms with Gasteiger partial charge in [0.25, 0.3) is 12.0 Å². The molecule has 0 fully saturated rings. The van der Waals surface area contributed by atoms with Gasteiger partial charge in [-0.15, -0.1) is 0 Å². The molecule has 0 spiro atoms. The molecule has 5 heteroatoms. The van der Waals surface area contributed by atoms with Gasteiger partial charge in [0.15, 0.2) is 0 Å². The normalized spacial score (nSPS) is 11.9. The standard InChI is InChI=1S/C16H18F2N2O/c1-16(2,3)13-8-14(21)20(10-19-13)9-11-5-4-6-12(7-11)15(17)18/h4-8,10,15H,9H2,1-3H3. The topological polar surface area (TPSA) is 34.9 Å². The lowest BCUT2D eigenvalue weighted by Crippen LogP contribution is -2.25. The van der Waals surface area contributed by atoms with E-state index in [9.17, 15) is 13.6 Å². The Morgan fingerprint density at radius 2 is 1.95 bits per heavy atom. The van der Waals surface area contributed by atoms with Gasteiger partial charge in [-0.3, -0.25) is 9.36 Å². The summed E-state index contributed by atoms with van der Waals surface area (Å²) in [6, 6.07) is 7.57. The molecule has 3 nitrogen and oxygen atoms in total. The zero-order valence-corrected chi connectivity index (χ0v) is 12.3. The Kier molecular flexibility index (Phi) is 4.21. The summed E-state index contributed by atoms with van der Waals surface area (Å²) >= 11 is 0. The minimum absolute atomic E-state index is 0.0418. The maximum atomic E-state index is 12.7. The molecule has 0 unspecified atom stereocenters. The summed E-state index contributed by atoms with van der Waals surface area (Å²) in [5.74, 6) is 0. The van der Waals surface area contributed by atoms with Crippen molar-refractivity contribution in [1.29, 1.82) is 0 Å². The molecule has 0 N–H and O–H groups in total. The molecule has 112 valence electrons. The molecule has 0 aliphatic carbocycles. The van der Waals surface area contributed by atoms with Crippen molar-refractivity contribution in [2.24, 2.45) is 0 Å². The van der Waals surface area contributed by atoms with E-state index in [1.165, 1.54) is 29.1 Å². The molecule has 0 amide bonds. The molecule has 0 atom stereocenters. The molecule has 1 aromatic carbocycles. The number of benzene rings is 1. The Balaban J connectivity index is 2.28. The lowest BCUT2D eigenvalue weighted by molar-refractivity contribution is 0.151. The molecule has 0 aliphatic heterocycles. The van der Waals surface area contributed by atoms with Crippen LogP contribution in [-0.2, 0) is 12.0 Å². The van der Waals surface area contributed by atoms with Gasteiger partial charge in [0.1, 0.15) is 0 Å². The third kappa shape index (κ3) is 3.74. The predicted octanol–water partition coefficient (Wildman–Crippen LogP) is 3.53. The Bertz CT molecular complexity index is 687. The second kappa shape index (κ2) is 5.76. The number of halogens is 2. The Hall–Kier alpha value is -2.04. The van der Waals surface area contributed by atoms with Gasteiger partial charge < -0.3 is 0 Å². The first-order chi connectivity index (χ1) is 9.77. The molecule has 0 saturated heterocycles. The molecule has 1 aromatic heterocycles. The first-order valence-electron chi connectivity index (χ1n) is 6.71. The number of alkyl halides is 2. The maximum Gasteiger partial charge on any atom is 0.263 e. The summed E-state index contributed by atoms with van der Waals surface area (Å²) in [5, 5.41) is 0. The van der Waals surface area contributed by atoms with Crippen LogP contribution in [0.3, 0.4) is 0 Å². The summed E-state index contributed by atoms with van der Waals surface area (Å²) in [6.45, 7) is 6.17. The number of hydrogen-bond acceptors (Lipinski definition) is 2. The van der Waals surface area contributed by atoms with E-state index in [0.717, 1.165) is 0 Å². The average Bonchev–Trinajstić information content (AvgIpc) is 2.40. The molecule has 2 aromatic rings. The molecule has 0 bridgehead atoms. The first kappa shape index (κ1) is 15.4. The van der Waals surface area contributed by atoms with Crippen LogP contribution < -0.4 is 5.56 Å². The second-order valence-electron chi connectivity index (χ2n) is 6.04. The van der Waals surface area contributed by atoms with E-state index in [0.29, 0.717) is 11.3 Å². The van der Waals surface area contributed by atoms with Gasteiger partial charge in [-0.1, -0.05) is 39.0 Å². The van der Waals surface area contributed by atoms with Crippen molar-refractivity contribution >= 4 is 0 Å². The van der Waals surface area contributed by atoms with E-state index in [-0.39, 0.29) is 23.1 Å². The molecular weight excluding hydrogens is 274 g/mol. The summed E-state index contributed by atoms with van der Waals surface area (Å²) < 4.78 is 26.8. The van der Waals surface area contributed by atoms with E-state index < -0.39 is 6.43 Å². The fourth-order valence-corrected chi connectivity index (χ4v) is 1.98. The maximum absolute atomic E-state index is 12.7. The summed E-state index contributed by atoms with van der Waals surface area (Å²) in [4.78, 5) is 16.4. The van der Waals surface area contributed by atoms with E-state index in [4.69, 9.17) is 0 Å². The first-order valence-corrected chi connectivity index (χ1v) is 6.71. The number of hydrogen-bond donors (Lipinski definition) is 0. The van der Waals surface area contributed by atoms with Gasteiger partial charge in [-0.2, -0.15) is 0 Å². The van der Waals surface area contributed by atoms with E-state index >= 15 is 0 Å². The molecule has 21 heavy (non-hydrogen) atoms. The van der Waals surface area contributed by atoms with Crippen molar-refractivity contribution in [1.82, 2.24) is 9.55 Å². The third-order valence-electron chi connectivity index (χ3n) is 3.20. The van der Waals surface area contributed by atoms with Gasteiger partial charge in [0, 0.05) is 17.0 Å². The highest BCUT2D eigenvalue weighted by Gasteiger charge is 2.16. The van der Waals surface area contributed by atoms with Gasteiger partial charge in [0.2, 0.25) is 0 Å². The quantitative estimate of drug-likeness (QED) is 0.867. The average molecular weight is 292 g/mol. The minimum atomic E-state index is -2.51. The SMILES string of the molecule is CC(C)(C)c1cc(=O)n(Cc2cccc(C(F)F)c2)cn1. The lowest BCUT2D eigenvalue weighted by atomic mass is 9.92. The largest absolute Gasteiger partial charge is 0.295 e. The molecule has 0 aliphatic rings. The minimum Gasteiger partial charge on any atom is -0.295 e. The Morgan fingerprint density at radius 1 is 1.24 bits per heavy atom. The van der Waals surface area contributed by atoms with Crippen LogP contribution in [0.15, 0.2) is 41.5 Å². The van der Waals surface area contributed by atoms with Crippen molar-refractivity contribution in [2.75, 3.05) is 0 Å². The number of nitrogens with zero attached hydrogens (tertiary/aromatic N) is 2. The number of rotatable bonds is 3. The fourth-order valence-electron chi connectivity index (χ4n) is 1.98. The van der Waals surface area contributed by atoms with Crippen molar-refractivity contribution in [3.8, 4) is 0 Å². The van der Waals surface area contributed by atoms with Gasteiger partial charge in [0.05, 0.1) is 18.6 Å². The van der Waals surface area contributed by atoms with E-state index in [2.05, 4.69) is 4.98 Å². The van der Waals surface area contributed by atoms with Crippen LogP contribution in [0.2, 0.25) is 0 Å². The van der Waals surface area contributed by atoms with Crippen molar-refractivity contribution in [3.05, 3.63) is 63.8 Å². The lowest BCUT2D eigenvalue weighted by Gasteiger charge is -2.17. The van der Waals surface area contributed by atoms with Crippen molar-refractivity contribution < 1.29 is 8.78 Å². The smallest absolute Gasteiger partial charge is 0.263 e. The van der Waals surface area contributed by atoms with Gasteiger partial charge in [-0.05, 0) is 11.6 Å².